The van der Waals surface area contributed by atoms with Gasteiger partial charge in [0.15, 0.2) is 12.4 Å². The average molecular weight is 422 g/mol. The highest BCUT2D eigenvalue weighted by molar-refractivity contribution is 6.03. The van der Waals surface area contributed by atoms with Crippen molar-refractivity contribution in [3.8, 4) is 11.5 Å². The second kappa shape index (κ2) is 10.3. The van der Waals surface area contributed by atoms with Gasteiger partial charge in [0.1, 0.15) is 11.5 Å². The maximum absolute atomic E-state index is 12.3. The summed E-state index contributed by atoms with van der Waals surface area (Å²) in [5.74, 6) is 1.01. The number of carbonyl (C=O) groups excluding carboxylic acids is 2. The molecule has 0 radical (unpaired) electrons. The molecule has 2 N–H and O–H groups in total. The third kappa shape index (κ3) is 5.88. The van der Waals surface area contributed by atoms with Crippen molar-refractivity contribution < 1.29 is 23.5 Å². The van der Waals surface area contributed by atoms with Crippen LogP contribution in [-0.4, -0.2) is 25.5 Å². The molecule has 1 atom stereocenters. The minimum absolute atomic E-state index is 0.123. The number of hydrogen-bond donors (Lipinski definition) is 2. The Balaban J connectivity index is 1.56. The second-order valence-electron chi connectivity index (χ2n) is 7.06. The maximum atomic E-state index is 12.3. The molecular formula is C24H26N2O5. The van der Waals surface area contributed by atoms with Crippen LogP contribution in [0.15, 0.2) is 65.3 Å². The third-order valence-corrected chi connectivity index (χ3v) is 4.91. The van der Waals surface area contributed by atoms with Gasteiger partial charge in [-0.2, -0.15) is 0 Å². The number of rotatable bonds is 9. The Morgan fingerprint density at radius 3 is 2.48 bits per heavy atom. The van der Waals surface area contributed by atoms with E-state index in [-0.39, 0.29) is 18.3 Å². The highest BCUT2D eigenvalue weighted by atomic mass is 16.5. The number of furan rings is 1. The van der Waals surface area contributed by atoms with Crippen molar-refractivity contribution >= 4 is 23.2 Å². The van der Waals surface area contributed by atoms with Crippen molar-refractivity contribution in [1.29, 1.82) is 0 Å². The van der Waals surface area contributed by atoms with E-state index in [0.717, 1.165) is 6.42 Å². The minimum atomic E-state index is -0.396. The Labute approximate surface area is 181 Å². The molecule has 0 saturated heterocycles. The topological polar surface area (TPSA) is 89.8 Å². The van der Waals surface area contributed by atoms with Crippen molar-refractivity contribution in [3.05, 3.63) is 72.2 Å². The smallest absolute Gasteiger partial charge is 0.291 e. The lowest BCUT2D eigenvalue weighted by Gasteiger charge is -2.13. The van der Waals surface area contributed by atoms with Crippen LogP contribution < -0.4 is 20.1 Å². The summed E-state index contributed by atoms with van der Waals surface area (Å²) in [6.45, 7) is 4.20. The molecule has 1 aromatic heterocycles. The number of carbonyl (C=O) groups is 2. The predicted octanol–water partition coefficient (Wildman–Crippen LogP) is 5.07. The van der Waals surface area contributed by atoms with Gasteiger partial charge in [0, 0.05) is 11.8 Å². The van der Waals surface area contributed by atoms with Gasteiger partial charge in [-0.25, -0.2) is 0 Å². The highest BCUT2D eigenvalue weighted by Gasteiger charge is 2.13. The molecule has 1 heterocycles. The zero-order valence-corrected chi connectivity index (χ0v) is 17.8. The van der Waals surface area contributed by atoms with Gasteiger partial charge in [-0.05, 0) is 54.3 Å². The number of nitrogens with one attached hydrogen (secondary N) is 2. The molecule has 3 rings (SSSR count). The molecule has 2 amide bonds. The zero-order chi connectivity index (χ0) is 22.2. The van der Waals surface area contributed by atoms with E-state index in [1.807, 2.05) is 24.3 Å². The Morgan fingerprint density at radius 2 is 1.84 bits per heavy atom. The van der Waals surface area contributed by atoms with Crippen molar-refractivity contribution in [3.63, 3.8) is 0 Å². The Bertz CT molecular complexity index is 1010. The van der Waals surface area contributed by atoms with Crippen LogP contribution >= 0.6 is 0 Å². The fourth-order valence-corrected chi connectivity index (χ4v) is 2.94. The molecule has 162 valence electrons. The zero-order valence-electron chi connectivity index (χ0n) is 17.8. The number of hydrogen-bond acceptors (Lipinski definition) is 5. The van der Waals surface area contributed by atoms with Crippen LogP contribution in [0.5, 0.6) is 11.5 Å². The first-order valence-corrected chi connectivity index (χ1v) is 10.1. The molecular weight excluding hydrogens is 396 g/mol. The molecule has 7 heteroatoms. The van der Waals surface area contributed by atoms with E-state index < -0.39 is 5.91 Å². The highest BCUT2D eigenvalue weighted by Crippen LogP contribution is 2.28. The molecule has 0 spiro atoms. The van der Waals surface area contributed by atoms with Crippen LogP contribution in [0.4, 0.5) is 11.4 Å². The number of amides is 2. The van der Waals surface area contributed by atoms with Crippen LogP contribution in [0.3, 0.4) is 0 Å². The number of anilines is 2. The maximum Gasteiger partial charge on any atom is 0.291 e. The summed E-state index contributed by atoms with van der Waals surface area (Å²) >= 11 is 0. The monoisotopic (exact) mass is 422 g/mol. The van der Waals surface area contributed by atoms with Crippen LogP contribution in [-0.2, 0) is 4.79 Å². The molecule has 0 bridgehead atoms. The third-order valence-electron chi connectivity index (χ3n) is 4.91. The normalized spacial score (nSPS) is 11.5. The van der Waals surface area contributed by atoms with Crippen molar-refractivity contribution in [2.24, 2.45) is 0 Å². The fraction of sp³-hybridized carbons (Fsp3) is 0.250. The quantitative estimate of drug-likeness (QED) is 0.502. The SMILES string of the molecule is CC[C@@H](C)c1ccc(OCC(=O)Nc2ccc(NC(=O)c3ccco3)c(OC)c2)cc1. The van der Waals surface area contributed by atoms with E-state index in [4.69, 9.17) is 13.9 Å². The lowest BCUT2D eigenvalue weighted by molar-refractivity contribution is -0.118. The molecule has 0 unspecified atom stereocenters. The molecule has 0 aliphatic carbocycles. The minimum Gasteiger partial charge on any atom is -0.494 e. The molecule has 0 saturated carbocycles. The largest absolute Gasteiger partial charge is 0.494 e. The van der Waals surface area contributed by atoms with E-state index in [1.54, 1.807) is 30.3 Å². The summed E-state index contributed by atoms with van der Waals surface area (Å²) in [7, 11) is 1.48. The summed E-state index contributed by atoms with van der Waals surface area (Å²) < 4.78 is 16.0. The van der Waals surface area contributed by atoms with Crippen molar-refractivity contribution in [1.82, 2.24) is 0 Å². The van der Waals surface area contributed by atoms with Gasteiger partial charge in [0.2, 0.25) is 0 Å². The second-order valence-corrected chi connectivity index (χ2v) is 7.06. The Morgan fingerprint density at radius 1 is 1.06 bits per heavy atom. The first-order chi connectivity index (χ1) is 15.0. The van der Waals surface area contributed by atoms with E-state index in [1.165, 1.54) is 18.9 Å². The number of benzene rings is 2. The van der Waals surface area contributed by atoms with E-state index in [0.29, 0.717) is 28.8 Å². The van der Waals surface area contributed by atoms with Crippen LogP contribution in [0.1, 0.15) is 42.3 Å². The summed E-state index contributed by atoms with van der Waals surface area (Å²) in [5, 5.41) is 5.47. The van der Waals surface area contributed by atoms with Crippen LogP contribution in [0.2, 0.25) is 0 Å². The van der Waals surface area contributed by atoms with Crippen LogP contribution in [0.25, 0.3) is 0 Å². The van der Waals surface area contributed by atoms with Crippen LogP contribution in [0, 0.1) is 0 Å². The molecule has 0 fully saturated rings. The van der Waals surface area contributed by atoms with Gasteiger partial charge in [0.05, 0.1) is 19.1 Å². The molecule has 3 aromatic rings. The summed E-state index contributed by atoms with van der Waals surface area (Å²) in [6, 6.07) is 15.9. The standard InChI is InChI=1S/C24H26N2O5/c1-4-16(2)17-7-10-19(11-8-17)31-15-23(27)25-18-9-12-20(22(14-18)29-3)26-24(28)21-6-5-13-30-21/h5-14,16H,4,15H2,1-3H3,(H,25,27)(H,26,28)/t16-/m1/s1. The van der Waals surface area contributed by atoms with Gasteiger partial charge in [0.25, 0.3) is 11.8 Å². The molecule has 31 heavy (non-hydrogen) atoms. The lowest BCUT2D eigenvalue weighted by Crippen LogP contribution is -2.20. The molecule has 2 aromatic carbocycles. The first-order valence-electron chi connectivity index (χ1n) is 10.1. The summed E-state index contributed by atoms with van der Waals surface area (Å²) in [4.78, 5) is 24.4. The van der Waals surface area contributed by atoms with Gasteiger partial charge in [-0.3, -0.25) is 9.59 Å². The van der Waals surface area contributed by atoms with Gasteiger partial charge >= 0.3 is 0 Å². The summed E-state index contributed by atoms with van der Waals surface area (Å²) in [6.07, 6.45) is 2.49. The molecule has 7 nitrogen and oxygen atoms in total. The van der Waals surface area contributed by atoms with Gasteiger partial charge in [-0.15, -0.1) is 0 Å². The van der Waals surface area contributed by atoms with Gasteiger partial charge in [-0.1, -0.05) is 26.0 Å². The van der Waals surface area contributed by atoms with E-state index >= 15 is 0 Å². The van der Waals surface area contributed by atoms with E-state index in [2.05, 4.69) is 24.5 Å². The average Bonchev–Trinajstić information content (AvgIpc) is 3.33. The predicted molar refractivity (Wildman–Crippen MR) is 119 cm³/mol. The van der Waals surface area contributed by atoms with Crippen molar-refractivity contribution in [2.45, 2.75) is 26.2 Å². The lowest BCUT2D eigenvalue weighted by atomic mass is 9.99. The number of ether oxygens (including phenoxy) is 2. The van der Waals surface area contributed by atoms with Gasteiger partial charge < -0.3 is 24.5 Å². The fourth-order valence-electron chi connectivity index (χ4n) is 2.94. The van der Waals surface area contributed by atoms with Crippen molar-refractivity contribution in [2.75, 3.05) is 24.4 Å². The molecule has 0 aliphatic rings. The Hall–Kier alpha value is -3.74. The molecule has 0 aliphatic heterocycles. The van der Waals surface area contributed by atoms with E-state index in [9.17, 15) is 9.59 Å². The Kier molecular flexibility index (Phi) is 7.32. The summed E-state index contributed by atoms with van der Waals surface area (Å²) in [5.41, 5.74) is 2.22. The first kappa shape index (κ1) is 22.0. The number of methoxy groups -OCH3 is 1.